The zero-order chi connectivity index (χ0) is 20.3. The standard InChI is InChI=1S/C23H24N2O3/c1-15(2)14-17-8-10-18(11-9-17)16(3)23(26)24-21-13-12-19-6-4-5-7-20(19)22(21)25(27)28/h4-13,15-16H,14H2,1-3H3,(H,24,26)/t16-/m0/s1. The Morgan fingerprint density at radius 1 is 1.00 bits per heavy atom. The molecule has 1 amide bonds. The van der Waals surface area contributed by atoms with Gasteiger partial charge in [0.1, 0.15) is 5.69 Å². The fourth-order valence-electron chi connectivity index (χ4n) is 3.36. The predicted octanol–water partition coefficient (Wildman–Crippen LogP) is 5.69. The van der Waals surface area contributed by atoms with Crippen molar-refractivity contribution in [2.75, 3.05) is 5.32 Å². The highest BCUT2D eigenvalue weighted by Gasteiger charge is 2.22. The Hall–Kier alpha value is -3.21. The van der Waals surface area contributed by atoms with Crippen LogP contribution in [0.25, 0.3) is 10.8 Å². The second kappa shape index (κ2) is 8.21. The van der Waals surface area contributed by atoms with Crippen molar-refractivity contribution in [3.63, 3.8) is 0 Å². The molecule has 28 heavy (non-hydrogen) atoms. The van der Waals surface area contributed by atoms with Crippen molar-refractivity contribution in [3.05, 3.63) is 81.9 Å². The summed E-state index contributed by atoms with van der Waals surface area (Å²) in [6.07, 6.45) is 0.990. The summed E-state index contributed by atoms with van der Waals surface area (Å²) in [7, 11) is 0. The number of hydrogen-bond acceptors (Lipinski definition) is 3. The normalized spacial score (nSPS) is 12.1. The van der Waals surface area contributed by atoms with Gasteiger partial charge in [0, 0.05) is 0 Å². The van der Waals surface area contributed by atoms with E-state index in [9.17, 15) is 14.9 Å². The molecular weight excluding hydrogens is 352 g/mol. The summed E-state index contributed by atoms with van der Waals surface area (Å²) in [5.41, 5.74) is 2.26. The molecule has 0 spiro atoms. The Morgan fingerprint density at radius 2 is 1.68 bits per heavy atom. The molecule has 0 aromatic heterocycles. The third kappa shape index (κ3) is 4.19. The topological polar surface area (TPSA) is 72.2 Å². The van der Waals surface area contributed by atoms with Gasteiger partial charge in [-0.05, 0) is 47.9 Å². The van der Waals surface area contributed by atoms with Crippen molar-refractivity contribution in [2.45, 2.75) is 33.1 Å². The van der Waals surface area contributed by atoms with E-state index < -0.39 is 10.8 Å². The van der Waals surface area contributed by atoms with Crippen LogP contribution >= 0.6 is 0 Å². The summed E-state index contributed by atoms with van der Waals surface area (Å²) in [6.45, 7) is 6.14. The number of amides is 1. The van der Waals surface area contributed by atoms with E-state index in [1.807, 2.05) is 36.4 Å². The van der Waals surface area contributed by atoms with Crippen LogP contribution < -0.4 is 5.32 Å². The van der Waals surface area contributed by atoms with Gasteiger partial charge in [-0.3, -0.25) is 14.9 Å². The van der Waals surface area contributed by atoms with Gasteiger partial charge in [0.15, 0.2) is 0 Å². The summed E-state index contributed by atoms with van der Waals surface area (Å²) in [4.78, 5) is 23.9. The molecule has 0 radical (unpaired) electrons. The van der Waals surface area contributed by atoms with Crippen molar-refractivity contribution in [1.29, 1.82) is 0 Å². The molecule has 1 N–H and O–H groups in total. The Balaban J connectivity index is 1.84. The molecule has 3 aromatic rings. The summed E-state index contributed by atoms with van der Waals surface area (Å²) in [5.74, 6) is -0.116. The first-order valence-corrected chi connectivity index (χ1v) is 9.42. The van der Waals surface area contributed by atoms with Crippen molar-refractivity contribution >= 4 is 28.1 Å². The Morgan fingerprint density at radius 3 is 2.32 bits per heavy atom. The van der Waals surface area contributed by atoms with Crippen LogP contribution in [-0.4, -0.2) is 10.8 Å². The molecule has 0 bridgehead atoms. The molecule has 0 saturated heterocycles. The first-order chi connectivity index (χ1) is 13.4. The SMILES string of the molecule is CC(C)Cc1ccc([C@H](C)C(=O)Nc2ccc3ccccc3c2[N+](=O)[O-])cc1. The zero-order valence-corrected chi connectivity index (χ0v) is 16.3. The van der Waals surface area contributed by atoms with Gasteiger partial charge in [-0.1, -0.05) is 62.4 Å². The molecule has 5 nitrogen and oxygen atoms in total. The number of nitrogens with zero attached hydrogens (tertiary/aromatic N) is 1. The smallest absolute Gasteiger partial charge is 0.300 e. The Labute approximate surface area is 164 Å². The molecule has 0 aliphatic carbocycles. The average Bonchev–Trinajstić information content (AvgIpc) is 2.67. The summed E-state index contributed by atoms with van der Waals surface area (Å²) in [6, 6.07) is 18.5. The maximum atomic E-state index is 12.8. The van der Waals surface area contributed by atoms with Crippen LogP contribution in [0.4, 0.5) is 11.4 Å². The van der Waals surface area contributed by atoms with E-state index in [0.717, 1.165) is 17.4 Å². The van der Waals surface area contributed by atoms with E-state index in [1.54, 1.807) is 31.2 Å². The number of hydrogen-bond donors (Lipinski definition) is 1. The number of carbonyl (C=O) groups excluding carboxylic acids is 1. The lowest BCUT2D eigenvalue weighted by atomic mass is 9.96. The second-order valence-corrected chi connectivity index (χ2v) is 7.49. The molecule has 1 atom stereocenters. The fraction of sp³-hybridized carbons (Fsp3) is 0.261. The molecule has 3 rings (SSSR count). The number of carbonyl (C=O) groups is 1. The van der Waals surface area contributed by atoms with Crippen LogP contribution in [0.15, 0.2) is 60.7 Å². The molecule has 144 valence electrons. The maximum Gasteiger partial charge on any atom is 0.300 e. The molecule has 3 aromatic carbocycles. The van der Waals surface area contributed by atoms with Crippen LogP contribution in [0.3, 0.4) is 0 Å². The minimum atomic E-state index is -0.441. The number of nitrogens with one attached hydrogen (secondary N) is 1. The van der Waals surface area contributed by atoms with E-state index in [-0.39, 0.29) is 17.3 Å². The van der Waals surface area contributed by atoms with Crippen LogP contribution in [0.2, 0.25) is 0 Å². The van der Waals surface area contributed by atoms with Crippen molar-refractivity contribution < 1.29 is 9.72 Å². The van der Waals surface area contributed by atoms with E-state index in [1.165, 1.54) is 5.56 Å². The lowest BCUT2D eigenvalue weighted by molar-refractivity contribution is -0.382. The van der Waals surface area contributed by atoms with Gasteiger partial charge in [0.05, 0.1) is 16.2 Å². The quantitative estimate of drug-likeness (QED) is 0.444. The number of nitro groups is 1. The summed E-state index contributed by atoms with van der Waals surface area (Å²) in [5, 5.41) is 15.7. The number of nitro benzene ring substituents is 1. The summed E-state index contributed by atoms with van der Waals surface area (Å²) < 4.78 is 0. The van der Waals surface area contributed by atoms with Gasteiger partial charge in [-0.2, -0.15) is 0 Å². The third-order valence-corrected chi connectivity index (χ3v) is 4.86. The Bertz CT molecular complexity index is 1010. The zero-order valence-electron chi connectivity index (χ0n) is 16.3. The number of rotatable bonds is 6. The van der Waals surface area contributed by atoms with Crippen LogP contribution in [0.5, 0.6) is 0 Å². The van der Waals surface area contributed by atoms with Gasteiger partial charge >= 0.3 is 0 Å². The Kier molecular flexibility index (Phi) is 5.73. The largest absolute Gasteiger partial charge is 0.320 e. The average molecular weight is 376 g/mol. The molecule has 0 aliphatic rings. The monoisotopic (exact) mass is 376 g/mol. The molecule has 0 unspecified atom stereocenters. The molecular formula is C23H24N2O3. The third-order valence-electron chi connectivity index (χ3n) is 4.86. The van der Waals surface area contributed by atoms with Crippen LogP contribution in [-0.2, 0) is 11.2 Å². The lowest BCUT2D eigenvalue weighted by Crippen LogP contribution is -2.19. The number of anilines is 1. The highest BCUT2D eigenvalue weighted by atomic mass is 16.6. The lowest BCUT2D eigenvalue weighted by Gasteiger charge is -2.14. The molecule has 0 aliphatic heterocycles. The molecule has 0 heterocycles. The van der Waals surface area contributed by atoms with Gasteiger partial charge in [-0.15, -0.1) is 0 Å². The maximum absolute atomic E-state index is 12.8. The highest BCUT2D eigenvalue weighted by molar-refractivity contribution is 6.03. The van der Waals surface area contributed by atoms with E-state index in [0.29, 0.717) is 11.3 Å². The fourth-order valence-corrected chi connectivity index (χ4v) is 3.36. The van der Waals surface area contributed by atoms with Gasteiger partial charge in [0.25, 0.3) is 5.69 Å². The predicted molar refractivity (Wildman–Crippen MR) is 113 cm³/mol. The van der Waals surface area contributed by atoms with Crippen LogP contribution in [0.1, 0.15) is 37.8 Å². The highest BCUT2D eigenvalue weighted by Crippen LogP contribution is 2.34. The van der Waals surface area contributed by atoms with Crippen molar-refractivity contribution in [2.24, 2.45) is 5.92 Å². The molecule has 0 fully saturated rings. The van der Waals surface area contributed by atoms with Gasteiger partial charge < -0.3 is 5.32 Å². The number of benzene rings is 3. The number of fused-ring (bicyclic) bond motifs is 1. The van der Waals surface area contributed by atoms with Crippen molar-refractivity contribution in [3.8, 4) is 0 Å². The van der Waals surface area contributed by atoms with Gasteiger partial charge in [-0.25, -0.2) is 0 Å². The van der Waals surface area contributed by atoms with Crippen molar-refractivity contribution in [1.82, 2.24) is 0 Å². The minimum absolute atomic E-state index is 0.0778. The first-order valence-electron chi connectivity index (χ1n) is 9.42. The van der Waals surface area contributed by atoms with E-state index >= 15 is 0 Å². The van der Waals surface area contributed by atoms with Gasteiger partial charge in [0.2, 0.25) is 5.91 Å². The second-order valence-electron chi connectivity index (χ2n) is 7.49. The molecule has 5 heteroatoms. The van der Waals surface area contributed by atoms with E-state index in [2.05, 4.69) is 19.2 Å². The van der Waals surface area contributed by atoms with Crippen LogP contribution in [0, 0.1) is 16.0 Å². The molecule has 0 saturated carbocycles. The minimum Gasteiger partial charge on any atom is -0.320 e. The first kappa shape index (κ1) is 19.5. The van der Waals surface area contributed by atoms with E-state index in [4.69, 9.17) is 0 Å². The summed E-state index contributed by atoms with van der Waals surface area (Å²) >= 11 is 0.